The second-order valence-corrected chi connectivity index (χ2v) is 4.29. The number of anilines is 1. The molecule has 2 aromatic rings. The molecule has 1 amide bonds. The van der Waals surface area contributed by atoms with Gasteiger partial charge in [-0.3, -0.25) is 19.6 Å². The smallest absolute Gasteiger partial charge is 0.321 e. The van der Waals surface area contributed by atoms with Crippen LogP contribution in [0.2, 0.25) is 0 Å². The van der Waals surface area contributed by atoms with E-state index >= 15 is 0 Å². The number of benzene rings is 1. The first-order chi connectivity index (χ1) is 10.2. The highest BCUT2D eigenvalue weighted by atomic mass is 19.4. The number of alkyl halides is 3. The summed E-state index contributed by atoms with van der Waals surface area (Å²) >= 11 is 0. The van der Waals surface area contributed by atoms with Gasteiger partial charge in [0.25, 0.3) is 11.6 Å². The first kappa shape index (κ1) is 15.5. The van der Waals surface area contributed by atoms with Crippen LogP contribution in [0.15, 0.2) is 30.3 Å². The molecular weight excluding hydrogens is 305 g/mol. The van der Waals surface area contributed by atoms with E-state index in [1.165, 1.54) is 12.1 Å². The zero-order chi connectivity index (χ0) is 16.5. The summed E-state index contributed by atoms with van der Waals surface area (Å²) in [4.78, 5) is 21.7. The minimum absolute atomic E-state index is 0.171. The fourth-order valence-corrected chi connectivity index (χ4v) is 1.71. The van der Waals surface area contributed by atoms with Crippen molar-refractivity contribution in [2.45, 2.75) is 6.18 Å². The zero-order valence-corrected chi connectivity index (χ0v) is 11.1. The van der Waals surface area contributed by atoms with Gasteiger partial charge in [0.05, 0.1) is 4.92 Å². The molecule has 0 unspecified atom stereocenters. The number of aromatic nitrogens is 2. The van der Waals surface area contributed by atoms with Crippen molar-refractivity contribution in [1.82, 2.24) is 9.78 Å². The Balaban J connectivity index is 2.17. The number of non-ortho nitro benzene ring substituents is 1. The van der Waals surface area contributed by atoms with Gasteiger partial charge in [-0.15, -0.1) is 0 Å². The second-order valence-electron chi connectivity index (χ2n) is 4.29. The van der Waals surface area contributed by atoms with Crippen LogP contribution in [0, 0.1) is 10.1 Å². The Hall–Kier alpha value is -2.91. The summed E-state index contributed by atoms with van der Waals surface area (Å²) in [7, 11) is 1.07. The van der Waals surface area contributed by atoms with Crippen LogP contribution < -0.4 is 5.32 Å². The van der Waals surface area contributed by atoms with Crippen molar-refractivity contribution in [3.05, 3.63) is 51.8 Å². The Morgan fingerprint density at radius 3 is 2.36 bits per heavy atom. The predicted molar refractivity (Wildman–Crippen MR) is 69.3 cm³/mol. The van der Waals surface area contributed by atoms with Crippen molar-refractivity contribution < 1.29 is 22.9 Å². The maximum Gasteiger partial charge on any atom is 0.433 e. The van der Waals surface area contributed by atoms with Crippen molar-refractivity contribution in [2.75, 3.05) is 5.32 Å². The van der Waals surface area contributed by atoms with Gasteiger partial charge in [0.15, 0.2) is 5.69 Å². The fourth-order valence-electron chi connectivity index (χ4n) is 1.71. The van der Waals surface area contributed by atoms with Gasteiger partial charge < -0.3 is 5.32 Å². The molecule has 0 aliphatic carbocycles. The Kier molecular flexibility index (Phi) is 3.85. The molecule has 0 fully saturated rings. The molecular formula is C12H9F3N4O3. The van der Waals surface area contributed by atoms with Crippen LogP contribution in [0.5, 0.6) is 0 Å². The lowest BCUT2D eigenvalue weighted by atomic mass is 10.2. The number of nitrogens with zero attached hydrogens (tertiary/aromatic N) is 3. The number of carbonyl (C=O) groups excluding carboxylic acids is 1. The molecule has 1 aromatic heterocycles. The van der Waals surface area contributed by atoms with Crippen molar-refractivity contribution in [1.29, 1.82) is 0 Å². The average molecular weight is 314 g/mol. The molecule has 0 spiro atoms. The van der Waals surface area contributed by atoms with Crippen LogP contribution in [-0.4, -0.2) is 20.6 Å². The largest absolute Gasteiger partial charge is 0.433 e. The number of nitrogens with one attached hydrogen (secondary N) is 1. The van der Waals surface area contributed by atoms with Crippen LogP contribution in [0.1, 0.15) is 16.2 Å². The summed E-state index contributed by atoms with van der Waals surface area (Å²) in [6.07, 6.45) is -4.62. The van der Waals surface area contributed by atoms with E-state index in [1.54, 1.807) is 0 Å². The van der Waals surface area contributed by atoms with Crippen LogP contribution >= 0.6 is 0 Å². The number of amides is 1. The lowest BCUT2D eigenvalue weighted by Crippen LogP contribution is -2.13. The Bertz CT molecular complexity index is 722. The van der Waals surface area contributed by atoms with E-state index in [0.29, 0.717) is 10.7 Å². The van der Waals surface area contributed by atoms with E-state index < -0.39 is 28.4 Å². The van der Waals surface area contributed by atoms with Gasteiger partial charge in [-0.1, -0.05) is 0 Å². The van der Waals surface area contributed by atoms with Gasteiger partial charge in [0.2, 0.25) is 0 Å². The molecule has 0 bridgehead atoms. The highest BCUT2D eigenvalue weighted by Gasteiger charge is 2.35. The minimum atomic E-state index is -4.62. The Morgan fingerprint density at radius 2 is 1.91 bits per heavy atom. The van der Waals surface area contributed by atoms with Crippen molar-refractivity contribution in [3.63, 3.8) is 0 Å². The molecule has 1 aromatic carbocycles. The molecule has 7 nitrogen and oxygen atoms in total. The summed E-state index contributed by atoms with van der Waals surface area (Å²) in [5, 5.41) is 16.3. The molecule has 2 rings (SSSR count). The lowest BCUT2D eigenvalue weighted by molar-refractivity contribution is -0.384. The molecule has 1 N–H and O–H groups in total. The highest BCUT2D eigenvalue weighted by molar-refractivity contribution is 6.02. The second kappa shape index (κ2) is 5.47. The van der Waals surface area contributed by atoms with Crippen LogP contribution in [-0.2, 0) is 13.2 Å². The molecule has 0 atom stereocenters. The predicted octanol–water partition coefficient (Wildman–Crippen LogP) is 2.60. The van der Waals surface area contributed by atoms with E-state index in [-0.39, 0.29) is 11.4 Å². The van der Waals surface area contributed by atoms with Gasteiger partial charge in [-0.05, 0) is 12.1 Å². The minimum Gasteiger partial charge on any atom is -0.321 e. The summed E-state index contributed by atoms with van der Waals surface area (Å²) in [6, 6.07) is 5.48. The molecule has 0 radical (unpaired) electrons. The van der Waals surface area contributed by atoms with Crippen LogP contribution in [0.4, 0.5) is 24.5 Å². The molecule has 0 saturated heterocycles. The summed E-state index contributed by atoms with van der Waals surface area (Å²) in [5.41, 5.74) is -1.43. The van der Waals surface area contributed by atoms with E-state index in [0.717, 1.165) is 19.2 Å². The topological polar surface area (TPSA) is 90.1 Å². The standard InChI is InChI=1S/C12H9F3N4O3/c1-18-10(12(13,14)15)6-9(17-18)11(20)16-7-2-4-8(5-3-7)19(21)22/h2-6H,1H3,(H,16,20). The zero-order valence-electron chi connectivity index (χ0n) is 11.1. The number of aryl methyl sites for hydroxylation is 1. The third-order valence-electron chi connectivity index (χ3n) is 2.74. The number of carbonyl (C=O) groups is 1. The Morgan fingerprint density at radius 1 is 1.32 bits per heavy atom. The average Bonchev–Trinajstić information content (AvgIpc) is 2.81. The molecule has 0 aliphatic rings. The highest BCUT2D eigenvalue weighted by Crippen LogP contribution is 2.29. The number of hydrogen-bond acceptors (Lipinski definition) is 4. The van der Waals surface area contributed by atoms with E-state index in [1.807, 2.05) is 0 Å². The monoisotopic (exact) mass is 314 g/mol. The third kappa shape index (κ3) is 3.22. The van der Waals surface area contributed by atoms with Crippen LogP contribution in [0.3, 0.4) is 0 Å². The summed E-state index contributed by atoms with van der Waals surface area (Å²) < 4.78 is 38.4. The first-order valence-electron chi connectivity index (χ1n) is 5.85. The van der Waals surface area contributed by atoms with Gasteiger partial charge in [-0.2, -0.15) is 18.3 Å². The summed E-state index contributed by atoms with van der Waals surface area (Å²) in [6.45, 7) is 0. The van der Waals surface area contributed by atoms with Gasteiger partial charge >= 0.3 is 6.18 Å². The van der Waals surface area contributed by atoms with Gasteiger partial charge in [-0.25, -0.2) is 0 Å². The van der Waals surface area contributed by atoms with Crippen molar-refractivity contribution in [2.24, 2.45) is 7.05 Å². The van der Waals surface area contributed by atoms with Gasteiger partial charge in [0, 0.05) is 30.9 Å². The lowest BCUT2D eigenvalue weighted by Gasteiger charge is -2.04. The summed E-state index contributed by atoms with van der Waals surface area (Å²) in [5.74, 6) is -0.847. The fraction of sp³-hybridized carbons (Fsp3) is 0.167. The number of nitro groups is 1. The SMILES string of the molecule is Cn1nc(C(=O)Nc2ccc([N+](=O)[O-])cc2)cc1C(F)(F)F. The quantitative estimate of drug-likeness (QED) is 0.696. The maximum atomic E-state index is 12.6. The van der Waals surface area contributed by atoms with Crippen molar-refractivity contribution >= 4 is 17.3 Å². The Labute approximate surface area is 121 Å². The number of hydrogen-bond donors (Lipinski definition) is 1. The molecule has 0 saturated carbocycles. The van der Waals surface area contributed by atoms with E-state index in [2.05, 4.69) is 10.4 Å². The third-order valence-corrected chi connectivity index (χ3v) is 2.74. The normalized spacial score (nSPS) is 11.3. The first-order valence-corrected chi connectivity index (χ1v) is 5.85. The number of nitro benzene ring substituents is 1. The molecule has 116 valence electrons. The van der Waals surface area contributed by atoms with Crippen LogP contribution in [0.25, 0.3) is 0 Å². The maximum absolute atomic E-state index is 12.6. The van der Waals surface area contributed by atoms with Crippen molar-refractivity contribution in [3.8, 4) is 0 Å². The van der Waals surface area contributed by atoms with Gasteiger partial charge in [0.1, 0.15) is 5.69 Å². The van der Waals surface area contributed by atoms with E-state index in [9.17, 15) is 28.1 Å². The molecule has 0 aliphatic heterocycles. The van der Waals surface area contributed by atoms with E-state index in [4.69, 9.17) is 0 Å². The molecule has 10 heteroatoms. The molecule has 1 heterocycles. The molecule has 22 heavy (non-hydrogen) atoms. The number of halogens is 3. The number of rotatable bonds is 3.